The normalized spacial score (nSPS) is 10.7. The van der Waals surface area contributed by atoms with E-state index in [1.54, 1.807) is 31.6 Å². The lowest BCUT2D eigenvalue weighted by Gasteiger charge is -2.12. The van der Waals surface area contributed by atoms with Gasteiger partial charge in [-0.25, -0.2) is 9.78 Å². The van der Waals surface area contributed by atoms with Gasteiger partial charge in [0.1, 0.15) is 17.2 Å². The molecule has 10 nitrogen and oxygen atoms in total. The summed E-state index contributed by atoms with van der Waals surface area (Å²) in [5, 5.41) is 9.68. The first-order chi connectivity index (χ1) is 18.5. The average Bonchev–Trinajstić information content (AvgIpc) is 3.60. The van der Waals surface area contributed by atoms with Gasteiger partial charge in [0.15, 0.2) is 0 Å². The Balaban J connectivity index is 1.19. The molecule has 192 valence electrons. The standard InChI is InChI=1S/C28H26N6O4/c1-18-4-8-20(9-5-18)26-32-27(38-33-26)24-16-34(17-29-24)15-19-6-10-21(11-7-19)30-28(35)31-23-13-12-22(36-2)14-25(23)37-3/h4-14,16-17H,15H2,1-3H3,(H2,30,31,35). The summed E-state index contributed by atoms with van der Waals surface area (Å²) in [6.07, 6.45) is 3.57. The number of hydrogen-bond donors (Lipinski definition) is 2. The maximum absolute atomic E-state index is 12.5. The molecule has 0 radical (unpaired) electrons. The number of carbonyl (C=O) groups excluding carboxylic acids is 1. The second-order valence-corrected chi connectivity index (χ2v) is 8.56. The molecule has 38 heavy (non-hydrogen) atoms. The number of carbonyl (C=O) groups is 1. The fourth-order valence-corrected chi connectivity index (χ4v) is 3.80. The Hall–Kier alpha value is -5.12. The third-order valence-corrected chi connectivity index (χ3v) is 5.82. The molecule has 2 aromatic heterocycles. The molecule has 0 aliphatic carbocycles. The maximum Gasteiger partial charge on any atom is 0.323 e. The molecule has 5 aromatic rings. The van der Waals surface area contributed by atoms with Gasteiger partial charge in [0.2, 0.25) is 5.82 Å². The Bertz CT molecular complexity index is 1540. The molecule has 2 N–H and O–H groups in total. The van der Waals surface area contributed by atoms with Crippen LogP contribution in [0.1, 0.15) is 11.1 Å². The highest BCUT2D eigenvalue weighted by Gasteiger charge is 2.13. The van der Waals surface area contributed by atoms with E-state index in [1.807, 2.05) is 66.2 Å². The molecule has 0 aliphatic heterocycles. The summed E-state index contributed by atoms with van der Waals surface area (Å²) in [6, 6.07) is 20.3. The fraction of sp³-hybridized carbons (Fsp3) is 0.143. The Morgan fingerprint density at radius 1 is 0.974 bits per heavy atom. The second kappa shape index (κ2) is 10.9. The molecule has 0 fully saturated rings. The van der Waals surface area contributed by atoms with Gasteiger partial charge in [-0.2, -0.15) is 4.98 Å². The highest BCUT2D eigenvalue weighted by molar-refractivity contribution is 6.00. The van der Waals surface area contributed by atoms with E-state index in [1.165, 1.54) is 7.11 Å². The van der Waals surface area contributed by atoms with Gasteiger partial charge in [-0.15, -0.1) is 0 Å². The lowest BCUT2D eigenvalue weighted by Crippen LogP contribution is -2.19. The van der Waals surface area contributed by atoms with E-state index in [4.69, 9.17) is 14.0 Å². The molecule has 0 bridgehead atoms. The van der Waals surface area contributed by atoms with Crippen molar-refractivity contribution in [2.75, 3.05) is 24.9 Å². The number of nitrogens with one attached hydrogen (secondary N) is 2. The van der Waals surface area contributed by atoms with Crippen LogP contribution in [0.25, 0.3) is 23.0 Å². The Morgan fingerprint density at radius 3 is 2.50 bits per heavy atom. The first-order valence-corrected chi connectivity index (χ1v) is 11.8. The quantitative estimate of drug-likeness (QED) is 0.278. The zero-order valence-corrected chi connectivity index (χ0v) is 21.1. The number of nitrogens with zero attached hydrogens (tertiary/aromatic N) is 4. The molecule has 0 saturated carbocycles. The zero-order chi connectivity index (χ0) is 26.5. The number of ether oxygens (including phenoxy) is 2. The molecule has 0 aliphatic rings. The van der Waals surface area contributed by atoms with Gasteiger partial charge in [0.05, 0.1) is 26.2 Å². The van der Waals surface area contributed by atoms with Crippen LogP contribution in [0, 0.1) is 6.92 Å². The van der Waals surface area contributed by atoms with Crippen LogP contribution >= 0.6 is 0 Å². The number of aromatic nitrogens is 4. The third-order valence-electron chi connectivity index (χ3n) is 5.82. The molecule has 0 atom stereocenters. The minimum Gasteiger partial charge on any atom is -0.497 e. The van der Waals surface area contributed by atoms with Crippen molar-refractivity contribution < 1.29 is 18.8 Å². The van der Waals surface area contributed by atoms with Gasteiger partial charge in [-0.1, -0.05) is 47.1 Å². The topological polar surface area (TPSA) is 116 Å². The van der Waals surface area contributed by atoms with E-state index in [9.17, 15) is 4.79 Å². The van der Waals surface area contributed by atoms with E-state index in [-0.39, 0.29) is 6.03 Å². The number of urea groups is 1. The van der Waals surface area contributed by atoms with Crippen LogP contribution in [0.3, 0.4) is 0 Å². The molecule has 0 saturated heterocycles. The fourth-order valence-electron chi connectivity index (χ4n) is 3.80. The Morgan fingerprint density at radius 2 is 1.76 bits per heavy atom. The van der Waals surface area contributed by atoms with Crippen LogP contribution in [0.2, 0.25) is 0 Å². The zero-order valence-electron chi connectivity index (χ0n) is 21.1. The van der Waals surface area contributed by atoms with Crippen LogP contribution in [0.5, 0.6) is 11.5 Å². The largest absolute Gasteiger partial charge is 0.497 e. The number of anilines is 2. The van der Waals surface area contributed by atoms with Crippen molar-refractivity contribution >= 4 is 17.4 Å². The monoisotopic (exact) mass is 510 g/mol. The smallest absolute Gasteiger partial charge is 0.323 e. The van der Waals surface area contributed by atoms with Crippen molar-refractivity contribution in [2.24, 2.45) is 0 Å². The maximum atomic E-state index is 12.5. The summed E-state index contributed by atoms with van der Waals surface area (Å²) in [7, 11) is 3.10. The number of imidazole rings is 1. The van der Waals surface area contributed by atoms with Crippen LogP contribution in [0.4, 0.5) is 16.2 Å². The minimum atomic E-state index is -0.384. The molecule has 5 rings (SSSR count). The summed E-state index contributed by atoms with van der Waals surface area (Å²) >= 11 is 0. The van der Waals surface area contributed by atoms with Crippen molar-refractivity contribution in [3.63, 3.8) is 0 Å². The van der Waals surface area contributed by atoms with Crippen LogP contribution in [-0.4, -0.2) is 39.9 Å². The SMILES string of the molecule is COc1ccc(NC(=O)Nc2ccc(Cn3cnc(-c4nc(-c5ccc(C)cc5)no4)c3)cc2)c(OC)c1. The van der Waals surface area contributed by atoms with E-state index in [2.05, 4.69) is 25.8 Å². The molecule has 10 heteroatoms. The van der Waals surface area contributed by atoms with Gasteiger partial charge in [0, 0.05) is 30.1 Å². The van der Waals surface area contributed by atoms with Gasteiger partial charge in [0.25, 0.3) is 5.89 Å². The van der Waals surface area contributed by atoms with E-state index < -0.39 is 0 Å². The van der Waals surface area contributed by atoms with Crippen molar-refractivity contribution in [1.82, 2.24) is 19.7 Å². The molecule has 0 unspecified atom stereocenters. The molecular formula is C28H26N6O4. The molecule has 3 aromatic carbocycles. The van der Waals surface area contributed by atoms with Crippen LogP contribution in [0.15, 0.2) is 83.8 Å². The summed E-state index contributed by atoms with van der Waals surface area (Å²) in [5.74, 6) is 2.02. The van der Waals surface area contributed by atoms with E-state index in [0.717, 1.165) is 16.7 Å². The molecular weight excluding hydrogens is 484 g/mol. The van der Waals surface area contributed by atoms with Gasteiger partial charge in [-0.3, -0.25) is 0 Å². The van der Waals surface area contributed by atoms with Crippen molar-refractivity contribution in [2.45, 2.75) is 13.5 Å². The number of rotatable bonds is 8. The Labute approximate surface area is 219 Å². The summed E-state index contributed by atoms with van der Waals surface area (Å²) in [6.45, 7) is 2.61. The molecule has 2 amide bonds. The average molecular weight is 511 g/mol. The third kappa shape index (κ3) is 5.65. The molecule has 0 spiro atoms. The summed E-state index contributed by atoms with van der Waals surface area (Å²) in [5.41, 5.74) is 4.86. The number of hydrogen-bond acceptors (Lipinski definition) is 7. The summed E-state index contributed by atoms with van der Waals surface area (Å²) in [4.78, 5) is 21.4. The minimum absolute atomic E-state index is 0.360. The lowest BCUT2D eigenvalue weighted by molar-refractivity contribution is 0.262. The molecule has 2 heterocycles. The van der Waals surface area contributed by atoms with Crippen molar-refractivity contribution in [3.05, 3.63) is 90.4 Å². The Kier molecular flexibility index (Phi) is 7.03. The lowest BCUT2D eigenvalue weighted by atomic mass is 10.1. The second-order valence-electron chi connectivity index (χ2n) is 8.56. The number of amides is 2. The summed E-state index contributed by atoms with van der Waals surface area (Å²) < 4.78 is 17.9. The van der Waals surface area contributed by atoms with Crippen molar-refractivity contribution in [1.29, 1.82) is 0 Å². The van der Waals surface area contributed by atoms with Crippen LogP contribution < -0.4 is 20.1 Å². The first kappa shape index (κ1) is 24.6. The van der Waals surface area contributed by atoms with Crippen molar-refractivity contribution in [3.8, 4) is 34.5 Å². The first-order valence-electron chi connectivity index (χ1n) is 11.8. The predicted octanol–water partition coefficient (Wildman–Crippen LogP) is 5.62. The van der Waals surface area contributed by atoms with Gasteiger partial charge < -0.3 is 29.2 Å². The van der Waals surface area contributed by atoms with E-state index >= 15 is 0 Å². The highest BCUT2D eigenvalue weighted by atomic mass is 16.5. The highest BCUT2D eigenvalue weighted by Crippen LogP contribution is 2.29. The number of methoxy groups -OCH3 is 2. The number of benzene rings is 3. The van der Waals surface area contributed by atoms with Crippen LogP contribution in [-0.2, 0) is 6.54 Å². The predicted molar refractivity (Wildman–Crippen MR) is 143 cm³/mol. The van der Waals surface area contributed by atoms with Gasteiger partial charge in [-0.05, 0) is 36.8 Å². The van der Waals surface area contributed by atoms with Gasteiger partial charge >= 0.3 is 6.03 Å². The van der Waals surface area contributed by atoms with E-state index in [0.29, 0.717) is 46.8 Å². The number of aryl methyl sites for hydroxylation is 1.